The van der Waals surface area contributed by atoms with Gasteiger partial charge in [-0.2, -0.15) is 0 Å². The standard InChI is InChI=1S/C15H23N3O2.ClH/c1-10(19)18-12-7-5-11(6-8-12)9-17-14(20)13(16)15(2,3)4;/h5-8,13H,9,16H2,1-4H3,(H,17,20)(H,18,19);1H/t13-;/m1./s1. The third kappa shape index (κ3) is 6.60. The molecule has 0 saturated carbocycles. The number of carbonyl (C=O) groups excluding carboxylic acids is 2. The second-order valence-corrected chi connectivity index (χ2v) is 5.94. The van der Waals surface area contributed by atoms with Gasteiger partial charge in [0.15, 0.2) is 0 Å². The van der Waals surface area contributed by atoms with Gasteiger partial charge in [-0.3, -0.25) is 9.59 Å². The zero-order valence-corrected chi connectivity index (χ0v) is 13.7. The molecule has 0 aliphatic rings. The van der Waals surface area contributed by atoms with Crippen molar-refractivity contribution in [1.29, 1.82) is 0 Å². The van der Waals surface area contributed by atoms with E-state index in [2.05, 4.69) is 10.6 Å². The van der Waals surface area contributed by atoms with E-state index in [-0.39, 0.29) is 29.6 Å². The number of hydrogen-bond acceptors (Lipinski definition) is 3. The van der Waals surface area contributed by atoms with Crippen molar-refractivity contribution in [2.75, 3.05) is 5.32 Å². The SMILES string of the molecule is CC(=O)Nc1ccc(CNC(=O)[C@@H](N)C(C)(C)C)cc1.Cl. The highest BCUT2D eigenvalue weighted by atomic mass is 35.5. The molecule has 1 aromatic carbocycles. The van der Waals surface area contributed by atoms with Crippen molar-refractivity contribution in [3.8, 4) is 0 Å². The van der Waals surface area contributed by atoms with Gasteiger partial charge in [-0.1, -0.05) is 32.9 Å². The second kappa shape index (κ2) is 8.00. The summed E-state index contributed by atoms with van der Waals surface area (Å²) in [5, 5.41) is 5.50. The highest BCUT2D eigenvalue weighted by molar-refractivity contribution is 5.88. The summed E-state index contributed by atoms with van der Waals surface area (Å²) in [5.41, 5.74) is 7.30. The Labute approximate surface area is 132 Å². The van der Waals surface area contributed by atoms with Crippen LogP contribution < -0.4 is 16.4 Å². The van der Waals surface area contributed by atoms with E-state index in [0.717, 1.165) is 11.3 Å². The van der Waals surface area contributed by atoms with Crippen LogP contribution in [0.25, 0.3) is 0 Å². The van der Waals surface area contributed by atoms with E-state index < -0.39 is 6.04 Å². The summed E-state index contributed by atoms with van der Waals surface area (Å²) < 4.78 is 0. The van der Waals surface area contributed by atoms with Gasteiger partial charge in [0.25, 0.3) is 0 Å². The predicted molar refractivity (Wildman–Crippen MR) is 87.3 cm³/mol. The summed E-state index contributed by atoms with van der Waals surface area (Å²) in [6, 6.07) is 6.77. The zero-order chi connectivity index (χ0) is 15.3. The highest BCUT2D eigenvalue weighted by Crippen LogP contribution is 2.17. The van der Waals surface area contributed by atoms with Crippen molar-refractivity contribution >= 4 is 29.9 Å². The maximum atomic E-state index is 11.9. The minimum Gasteiger partial charge on any atom is -0.351 e. The first-order chi connectivity index (χ1) is 9.20. The molecule has 5 nitrogen and oxygen atoms in total. The fourth-order valence-electron chi connectivity index (χ4n) is 1.60. The van der Waals surface area contributed by atoms with Gasteiger partial charge < -0.3 is 16.4 Å². The number of carbonyl (C=O) groups is 2. The third-order valence-corrected chi connectivity index (χ3v) is 2.96. The summed E-state index contributed by atoms with van der Waals surface area (Å²) in [4.78, 5) is 22.8. The summed E-state index contributed by atoms with van der Waals surface area (Å²) in [5.74, 6) is -0.273. The van der Waals surface area contributed by atoms with Gasteiger partial charge in [0, 0.05) is 19.2 Å². The summed E-state index contributed by atoms with van der Waals surface area (Å²) in [7, 11) is 0. The van der Waals surface area contributed by atoms with Crippen LogP contribution in [0.2, 0.25) is 0 Å². The first-order valence-corrected chi connectivity index (χ1v) is 6.60. The Hall–Kier alpha value is -1.59. The molecule has 1 aromatic rings. The molecule has 1 atom stereocenters. The van der Waals surface area contributed by atoms with Crippen LogP contribution in [0.15, 0.2) is 24.3 Å². The summed E-state index contributed by atoms with van der Waals surface area (Å²) >= 11 is 0. The number of hydrogen-bond donors (Lipinski definition) is 3. The van der Waals surface area contributed by atoms with Crippen LogP contribution in [-0.2, 0) is 16.1 Å². The zero-order valence-electron chi connectivity index (χ0n) is 12.9. The van der Waals surface area contributed by atoms with Crippen LogP contribution in [0.1, 0.15) is 33.3 Å². The maximum Gasteiger partial charge on any atom is 0.237 e. The Morgan fingerprint density at radius 3 is 2.14 bits per heavy atom. The molecule has 118 valence electrons. The Kier molecular flexibility index (Phi) is 7.39. The Balaban J connectivity index is 0.00000400. The average Bonchev–Trinajstić information content (AvgIpc) is 2.35. The van der Waals surface area contributed by atoms with E-state index in [1.54, 1.807) is 12.1 Å². The number of nitrogens with one attached hydrogen (secondary N) is 2. The molecule has 4 N–H and O–H groups in total. The molecule has 0 aliphatic heterocycles. The van der Waals surface area contributed by atoms with Gasteiger partial charge in [0.05, 0.1) is 6.04 Å². The molecule has 21 heavy (non-hydrogen) atoms. The van der Waals surface area contributed by atoms with Gasteiger partial charge in [-0.25, -0.2) is 0 Å². The number of nitrogens with two attached hydrogens (primary N) is 1. The van der Waals surface area contributed by atoms with Gasteiger partial charge >= 0.3 is 0 Å². The van der Waals surface area contributed by atoms with Crippen LogP contribution >= 0.6 is 12.4 Å². The van der Waals surface area contributed by atoms with Crippen LogP contribution in [0, 0.1) is 5.41 Å². The molecule has 0 spiro atoms. The quantitative estimate of drug-likeness (QED) is 0.795. The normalized spacial score (nSPS) is 12.0. The number of amides is 2. The smallest absolute Gasteiger partial charge is 0.237 e. The molecule has 0 radical (unpaired) electrons. The third-order valence-electron chi connectivity index (χ3n) is 2.96. The molecule has 0 aliphatic carbocycles. The summed E-state index contributed by atoms with van der Waals surface area (Å²) in [6.45, 7) is 7.67. The molecule has 0 saturated heterocycles. The van der Waals surface area contributed by atoms with E-state index in [1.807, 2.05) is 32.9 Å². The molecular weight excluding hydrogens is 290 g/mol. The van der Waals surface area contributed by atoms with Gasteiger partial charge in [0.2, 0.25) is 11.8 Å². The second-order valence-electron chi connectivity index (χ2n) is 5.94. The van der Waals surface area contributed by atoms with Crippen molar-refractivity contribution in [1.82, 2.24) is 5.32 Å². The number of rotatable bonds is 4. The first-order valence-electron chi connectivity index (χ1n) is 6.60. The Bertz CT molecular complexity index is 481. The molecule has 1 rings (SSSR count). The molecule has 0 heterocycles. The lowest BCUT2D eigenvalue weighted by molar-refractivity contribution is -0.124. The number of benzene rings is 1. The van der Waals surface area contributed by atoms with Crippen LogP contribution in [0.5, 0.6) is 0 Å². The van der Waals surface area contributed by atoms with E-state index in [4.69, 9.17) is 5.73 Å². The van der Waals surface area contributed by atoms with Crippen molar-refractivity contribution in [2.45, 2.75) is 40.3 Å². The topological polar surface area (TPSA) is 84.2 Å². The monoisotopic (exact) mass is 313 g/mol. The Morgan fingerprint density at radius 2 is 1.71 bits per heavy atom. The van der Waals surface area contributed by atoms with Crippen molar-refractivity contribution in [2.24, 2.45) is 11.1 Å². The minimum absolute atomic E-state index is 0. The molecule has 0 unspecified atom stereocenters. The van der Waals surface area contributed by atoms with E-state index in [1.165, 1.54) is 6.92 Å². The number of anilines is 1. The average molecular weight is 314 g/mol. The minimum atomic E-state index is -0.541. The van der Waals surface area contributed by atoms with Gasteiger partial charge in [0.1, 0.15) is 0 Å². The van der Waals surface area contributed by atoms with Crippen molar-refractivity contribution in [3.63, 3.8) is 0 Å². The molecule has 0 bridgehead atoms. The van der Waals surface area contributed by atoms with Crippen molar-refractivity contribution in [3.05, 3.63) is 29.8 Å². The predicted octanol–water partition coefficient (Wildman–Crippen LogP) is 2.06. The van der Waals surface area contributed by atoms with Gasteiger partial charge in [-0.15, -0.1) is 12.4 Å². The van der Waals surface area contributed by atoms with E-state index >= 15 is 0 Å². The molecule has 6 heteroatoms. The lowest BCUT2D eigenvalue weighted by Gasteiger charge is -2.25. The Morgan fingerprint density at radius 1 is 1.19 bits per heavy atom. The molecular formula is C15H24ClN3O2. The highest BCUT2D eigenvalue weighted by Gasteiger charge is 2.26. The molecule has 0 fully saturated rings. The van der Waals surface area contributed by atoms with Crippen LogP contribution in [0.4, 0.5) is 5.69 Å². The fourth-order valence-corrected chi connectivity index (χ4v) is 1.60. The van der Waals surface area contributed by atoms with E-state index in [0.29, 0.717) is 6.54 Å². The maximum absolute atomic E-state index is 11.9. The van der Waals surface area contributed by atoms with E-state index in [9.17, 15) is 9.59 Å². The number of halogens is 1. The van der Waals surface area contributed by atoms with Gasteiger partial charge in [-0.05, 0) is 23.1 Å². The fraction of sp³-hybridized carbons (Fsp3) is 0.467. The summed E-state index contributed by atoms with van der Waals surface area (Å²) in [6.07, 6.45) is 0. The lowest BCUT2D eigenvalue weighted by Crippen LogP contribution is -2.48. The van der Waals surface area contributed by atoms with Crippen molar-refractivity contribution < 1.29 is 9.59 Å². The lowest BCUT2D eigenvalue weighted by atomic mass is 9.87. The molecule has 0 aromatic heterocycles. The van der Waals surface area contributed by atoms with Crippen LogP contribution in [-0.4, -0.2) is 17.9 Å². The largest absolute Gasteiger partial charge is 0.351 e. The first kappa shape index (κ1) is 19.4. The molecule has 2 amide bonds. The van der Waals surface area contributed by atoms with Crippen LogP contribution in [0.3, 0.4) is 0 Å².